The molecule has 1 aliphatic rings. The molecule has 1 aromatic carbocycles. The minimum Gasteiger partial charge on any atom is -0.479 e. The number of sulfonamides is 1. The summed E-state index contributed by atoms with van der Waals surface area (Å²) < 4.78 is 34.2. The number of hydrogen-bond acceptors (Lipinski definition) is 5. The van der Waals surface area contributed by atoms with E-state index in [1.54, 1.807) is 19.2 Å². The lowest BCUT2D eigenvalue weighted by Gasteiger charge is -2.22. The van der Waals surface area contributed by atoms with Crippen molar-refractivity contribution in [3.8, 4) is 5.88 Å². The van der Waals surface area contributed by atoms with Gasteiger partial charge in [0.2, 0.25) is 5.88 Å². The molecule has 2 aromatic rings. The first-order valence-corrected chi connectivity index (χ1v) is 9.50. The lowest BCUT2D eigenvalue weighted by molar-refractivity contribution is 0.0851. The number of ether oxygens (including phenoxy) is 1. The molecule has 0 radical (unpaired) electrons. The molecule has 1 saturated carbocycles. The quantitative estimate of drug-likeness (QED) is 0.749. The minimum absolute atomic E-state index is 0.0776. The maximum atomic E-state index is 13.0. The van der Waals surface area contributed by atoms with Crippen LogP contribution in [0.2, 0.25) is 0 Å². The molecule has 128 valence electrons. The van der Waals surface area contributed by atoms with E-state index in [2.05, 4.69) is 21.0 Å². The molecule has 0 spiro atoms. The summed E-state index contributed by atoms with van der Waals surface area (Å²) in [6.07, 6.45) is 2.78. The highest BCUT2D eigenvalue weighted by atomic mass is 79.9. The Morgan fingerprint density at radius 1 is 1.33 bits per heavy atom. The summed E-state index contributed by atoms with van der Waals surface area (Å²) in [6.45, 7) is 0. The number of carbonyl (C=O) groups is 1. The Balaban J connectivity index is 2.03. The normalized spacial score (nSPS) is 14.5. The van der Waals surface area contributed by atoms with Crippen LogP contribution in [-0.2, 0) is 17.1 Å². The summed E-state index contributed by atoms with van der Waals surface area (Å²) in [5.74, 6) is -0.510. The van der Waals surface area contributed by atoms with E-state index in [4.69, 9.17) is 4.74 Å². The van der Waals surface area contributed by atoms with E-state index in [1.807, 2.05) is 0 Å². The second kappa shape index (κ2) is 6.21. The Hall–Kier alpha value is -1.87. The Morgan fingerprint density at radius 3 is 2.50 bits per heavy atom. The van der Waals surface area contributed by atoms with Gasteiger partial charge >= 0.3 is 0 Å². The number of halogens is 1. The van der Waals surface area contributed by atoms with Crippen LogP contribution >= 0.6 is 15.9 Å². The number of aromatic nitrogens is 2. The van der Waals surface area contributed by atoms with E-state index < -0.39 is 15.9 Å². The zero-order chi connectivity index (χ0) is 17.5. The summed E-state index contributed by atoms with van der Waals surface area (Å²) in [5, 5.41) is 4.02. The fourth-order valence-corrected chi connectivity index (χ4v) is 4.28. The first-order valence-electron chi connectivity index (χ1n) is 7.26. The maximum absolute atomic E-state index is 13.0. The molecule has 3 rings (SSSR count). The number of hydrogen-bond donors (Lipinski definition) is 0. The number of amides is 1. The van der Waals surface area contributed by atoms with E-state index >= 15 is 0 Å². The fraction of sp³-hybridized carbons (Fsp3) is 0.333. The van der Waals surface area contributed by atoms with Gasteiger partial charge in [-0.3, -0.25) is 9.48 Å². The van der Waals surface area contributed by atoms with E-state index in [0.717, 1.165) is 8.78 Å². The Labute approximate surface area is 148 Å². The number of benzene rings is 1. The topological polar surface area (TPSA) is 81.5 Å². The first-order chi connectivity index (χ1) is 11.3. The molecular formula is C15H16BrN3O4S. The summed E-state index contributed by atoms with van der Waals surface area (Å²) in [5.41, 5.74) is 0.132. The van der Waals surface area contributed by atoms with Crippen LogP contribution in [0.25, 0.3) is 0 Å². The highest BCUT2D eigenvalue weighted by Gasteiger charge is 2.43. The molecule has 0 saturated heterocycles. The molecule has 1 aromatic heterocycles. The smallest absolute Gasteiger partial charge is 0.274 e. The summed E-state index contributed by atoms with van der Waals surface area (Å²) in [7, 11) is -0.912. The maximum Gasteiger partial charge on any atom is 0.274 e. The molecule has 0 aliphatic heterocycles. The summed E-state index contributed by atoms with van der Waals surface area (Å²) in [4.78, 5) is 13.0. The summed E-state index contributed by atoms with van der Waals surface area (Å²) in [6, 6.07) is 5.89. The molecule has 0 atom stereocenters. The molecule has 0 N–H and O–H groups in total. The largest absolute Gasteiger partial charge is 0.479 e. The van der Waals surface area contributed by atoms with Gasteiger partial charge in [-0.15, -0.1) is 5.10 Å². The minimum atomic E-state index is -3.95. The highest BCUT2D eigenvalue weighted by molar-refractivity contribution is 9.10. The zero-order valence-corrected chi connectivity index (χ0v) is 15.5. The van der Waals surface area contributed by atoms with Crippen molar-refractivity contribution in [2.24, 2.45) is 7.05 Å². The van der Waals surface area contributed by atoms with Gasteiger partial charge in [0.1, 0.15) is 5.56 Å². The predicted molar refractivity (Wildman–Crippen MR) is 90.3 cm³/mol. The van der Waals surface area contributed by atoms with E-state index in [-0.39, 0.29) is 22.4 Å². The monoisotopic (exact) mass is 413 g/mol. The molecule has 1 aliphatic carbocycles. The van der Waals surface area contributed by atoms with Crippen LogP contribution in [-0.4, -0.2) is 41.6 Å². The molecule has 24 heavy (non-hydrogen) atoms. The van der Waals surface area contributed by atoms with E-state index in [0.29, 0.717) is 12.8 Å². The average Bonchev–Trinajstić information content (AvgIpc) is 3.28. The molecule has 1 amide bonds. The molecule has 0 bridgehead atoms. The van der Waals surface area contributed by atoms with Gasteiger partial charge in [0.15, 0.2) is 0 Å². The van der Waals surface area contributed by atoms with Crippen molar-refractivity contribution in [2.45, 2.75) is 23.8 Å². The van der Waals surface area contributed by atoms with Gasteiger partial charge < -0.3 is 4.74 Å². The highest BCUT2D eigenvalue weighted by Crippen LogP contribution is 2.35. The number of methoxy groups -OCH3 is 1. The predicted octanol–water partition coefficient (Wildman–Crippen LogP) is 2.18. The third-order valence-corrected chi connectivity index (χ3v) is 6.05. The molecule has 7 nitrogen and oxygen atoms in total. The van der Waals surface area contributed by atoms with Gasteiger partial charge in [0, 0.05) is 23.8 Å². The summed E-state index contributed by atoms with van der Waals surface area (Å²) >= 11 is 3.27. The van der Waals surface area contributed by atoms with Gasteiger partial charge in [-0.1, -0.05) is 15.9 Å². The van der Waals surface area contributed by atoms with Crippen molar-refractivity contribution in [1.29, 1.82) is 0 Å². The zero-order valence-electron chi connectivity index (χ0n) is 13.1. The Bertz CT molecular complexity index is 873. The van der Waals surface area contributed by atoms with Crippen molar-refractivity contribution in [3.63, 3.8) is 0 Å². The number of nitrogens with zero attached hydrogens (tertiary/aromatic N) is 3. The SMILES string of the molecule is COc1nn(C)cc1C(=O)N(C1CC1)S(=O)(=O)c1ccc(Br)cc1. The first kappa shape index (κ1) is 17.0. The molecule has 1 heterocycles. The van der Waals surface area contributed by atoms with Crippen molar-refractivity contribution in [3.05, 3.63) is 40.5 Å². The van der Waals surface area contributed by atoms with Crippen LogP contribution in [0, 0.1) is 0 Å². The number of carbonyl (C=O) groups excluding carboxylic acids is 1. The van der Waals surface area contributed by atoms with E-state index in [9.17, 15) is 13.2 Å². The number of rotatable bonds is 5. The lowest BCUT2D eigenvalue weighted by atomic mass is 10.3. The van der Waals surface area contributed by atoms with Crippen molar-refractivity contribution >= 4 is 31.9 Å². The Morgan fingerprint density at radius 2 is 1.96 bits per heavy atom. The molecule has 0 unspecified atom stereocenters. The number of aryl methyl sites for hydroxylation is 1. The molecular weight excluding hydrogens is 398 g/mol. The second-order valence-electron chi connectivity index (χ2n) is 5.52. The van der Waals surface area contributed by atoms with Gasteiger partial charge in [-0.25, -0.2) is 12.7 Å². The van der Waals surface area contributed by atoms with Crippen LogP contribution in [0.1, 0.15) is 23.2 Å². The van der Waals surface area contributed by atoms with Crippen LogP contribution in [0.4, 0.5) is 0 Å². The van der Waals surface area contributed by atoms with E-state index in [1.165, 1.54) is 30.1 Å². The van der Waals surface area contributed by atoms with Crippen LogP contribution < -0.4 is 4.74 Å². The van der Waals surface area contributed by atoms with Crippen LogP contribution in [0.15, 0.2) is 39.8 Å². The van der Waals surface area contributed by atoms with Crippen LogP contribution in [0.3, 0.4) is 0 Å². The van der Waals surface area contributed by atoms with Gasteiger partial charge in [-0.05, 0) is 37.1 Å². The molecule has 1 fully saturated rings. The van der Waals surface area contributed by atoms with Gasteiger partial charge in [0.25, 0.3) is 15.9 Å². The standard InChI is InChI=1S/C15H16BrN3O4S/c1-18-9-13(14(17-18)23-2)15(20)19(11-5-6-11)24(21,22)12-7-3-10(16)4-8-12/h3-4,7-9,11H,5-6H2,1-2H3. The third-order valence-electron chi connectivity index (χ3n) is 3.67. The third kappa shape index (κ3) is 3.05. The van der Waals surface area contributed by atoms with Crippen molar-refractivity contribution in [1.82, 2.24) is 14.1 Å². The van der Waals surface area contributed by atoms with Crippen LogP contribution in [0.5, 0.6) is 5.88 Å². The van der Waals surface area contributed by atoms with Crippen molar-refractivity contribution in [2.75, 3.05) is 7.11 Å². The Kier molecular flexibility index (Phi) is 4.39. The fourth-order valence-electron chi connectivity index (χ4n) is 2.38. The van der Waals surface area contributed by atoms with Crippen molar-refractivity contribution < 1.29 is 17.9 Å². The average molecular weight is 414 g/mol. The van der Waals surface area contributed by atoms with Gasteiger partial charge in [0.05, 0.1) is 12.0 Å². The van der Waals surface area contributed by atoms with Gasteiger partial charge in [-0.2, -0.15) is 0 Å². The second-order valence-corrected chi connectivity index (χ2v) is 8.25. The lowest BCUT2D eigenvalue weighted by Crippen LogP contribution is -2.38. The molecule has 9 heteroatoms.